The number of nitrogen functional groups attached to an aromatic ring is 2. The van der Waals surface area contributed by atoms with Gasteiger partial charge in [-0.3, -0.25) is 0 Å². The van der Waals surface area contributed by atoms with Gasteiger partial charge in [0, 0.05) is 7.11 Å². The fourth-order valence-corrected chi connectivity index (χ4v) is 1.59. The largest absolute Gasteiger partial charge is 0.376 e. The third-order valence-electron chi connectivity index (χ3n) is 2.58. The Labute approximate surface area is 148 Å². The second kappa shape index (κ2) is 9.87. The van der Waals surface area contributed by atoms with Crippen molar-refractivity contribution in [3.05, 3.63) is 0 Å². The van der Waals surface area contributed by atoms with E-state index in [9.17, 15) is 0 Å². The van der Waals surface area contributed by atoms with E-state index in [0.717, 1.165) is 0 Å². The minimum Gasteiger partial charge on any atom is -0.376 e. The number of aliphatic hydroxyl groups is 1. The zero-order valence-electron chi connectivity index (χ0n) is 13.9. The standard InChI is InChI=1S/C11H20N12O3/c1-25-3-15-10-21-8(14-2-24)22-11(23-10)17-5-26-4-16-9-19-6(12)18-7(13)20-9/h24H,2-5H2,1H3,(H5,12,13,16,18,19,20)(H3,14,15,17,21,22,23). The van der Waals surface area contributed by atoms with Crippen LogP contribution in [0.1, 0.15) is 0 Å². The lowest BCUT2D eigenvalue weighted by Crippen LogP contribution is -2.18. The molecule has 15 heteroatoms. The second-order valence-electron chi connectivity index (χ2n) is 4.47. The summed E-state index contributed by atoms with van der Waals surface area (Å²) in [5.41, 5.74) is 10.9. The number of hydrogen-bond acceptors (Lipinski definition) is 15. The molecule has 9 N–H and O–H groups in total. The summed E-state index contributed by atoms with van der Waals surface area (Å²) < 4.78 is 10.2. The third-order valence-corrected chi connectivity index (χ3v) is 2.58. The number of methoxy groups -OCH3 is 1. The SMILES string of the molecule is COCNc1nc(NCO)nc(NCOCNc2nc(N)nc(N)n2)n1. The lowest BCUT2D eigenvalue weighted by molar-refractivity contribution is 0.170. The first kappa shape index (κ1) is 19.0. The molecule has 2 aromatic rings. The van der Waals surface area contributed by atoms with Gasteiger partial charge in [-0.1, -0.05) is 0 Å². The van der Waals surface area contributed by atoms with Gasteiger partial charge in [0.25, 0.3) is 0 Å². The molecule has 15 nitrogen and oxygen atoms in total. The molecular weight excluding hydrogens is 348 g/mol. The van der Waals surface area contributed by atoms with Gasteiger partial charge in [-0.05, 0) is 0 Å². The number of anilines is 6. The van der Waals surface area contributed by atoms with E-state index in [-0.39, 0.29) is 62.6 Å². The molecule has 0 amide bonds. The topological polar surface area (TPSA) is 216 Å². The zero-order valence-corrected chi connectivity index (χ0v) is 13.9. The molecule has 0 saturated carbocycles. The van der Waals surface area contributed by atoms with Crippen LogP contribution in [0.4, 0.5) is 35.7 Å². The second-order valence-corrected chi connectivity index (χ2v) is 4.47. The normalized spacial score (nSPS) is 10.4. The number of aromatic nitrogens is 6. The van der Waals surface area contributed by atoms with E-state index in [2.05, 4.69) is 51.2 Å². The van der Waals surface area contributed by atoms with Crippen LogP contribution in [0.2, 0.25) is 0 Å². The van der Waals surface area contributed by atoms with Crippen molar-refractivity contribution in [2.24, 2.45) is 0 Å². The minimum atomic E-state index is -0.328. The number of nitrogens with zero attached hydrogens (tertiary/aromatic N) is 6. The van der Waals surface area contributed by atoms with Crippen molar-refractivity contribution in [2.75, 3.05) is 66.8 Å². The van der Waals surface area contributed by atoms with Crippen LogP contribution in [-0.4, -0.2) is 69.0 Å². The maximum Gasteiger partial charge on any atom is 0.231 e. The highest BCUT2D eigenvalue weighted by Gasteiger charge is 2.06. The molecule has 26 heavy (non-hydrogen) atoms. The summed E-state index contributed by atoms with van der Waals surface area (Å²) in [6.07, 6.45) is 0. The summed E-state index contributed by atoms with van der Waals surface area (Å²) in [7, 11) is 1.52. The molecule has 0 unspecified atom stereocenters. The van der Waals surface area contributed by atoms with Gasteiger partial charge in [0.15, 0.2) is 0 Å². The van der Waals surface area contributed by atoms with Crippen molar-refractivity contribution in [2.45, 2.75) is 0 Å². The first-order valence-electron chi connectivity index (χ1n) is 7.27. The molecule has 0 aliphatic heterocycles. The van der Waals surface area contributed by atoms with E-state index in [1.165, 1.54) is 7.11 Å². The van der Waals surface area contributed by atoms with Crippen LogP contribution in [0.25, 0.3) is 0 Å². The van der Waals surface area contributed by atoms with Gasteiger partial charge in [0.05, 0.1) is 0 Å². The van der Waals surface area contributed by atoms with E-state index in [0.29, 0.717) is 0 Å². The summed E-state index contributed by atoms with van der Waals surface area (Å²) in [5.74, 6) is 0.859. The average Bonchev–Trinajstić information content (AvgIpc) is 2.59. The Balaban J connectivity index is 1.83. The van der Waals surface area contributed by atoms with E-state index in [1.807, 2.05) is 0 Å². The number of nitrogens with one attached hydrogen (secondary N) is 4. The first-order chi connectivity index (χ1) is 12.6. The number of ether oxygens (including phenoxy) is 2. The minimum absolute atomic E-state index is 0.00307. The maximum atomic E-state index is 8.93. The van der Waals surface area contributed by atoms with Crippen molar-refractivity contribution in [1.29, 1.82) is 0 Å². The molecule has 0 radical (unpaired) electrons. The Morgan fingerprint density at radius 2 is 1.19 bits per heavy atom. The molecule has 0 fully saturated rings. The van der Waals surface area contributed by atoms with Crippen LogP contribution in [0.3, 0.4) is 0 Å². The Bertz CT molecular complexity index is 682. The van der Waals surface area contributed by atoms with E-state index in [1.54, 1.807) is 0 Å². The molecule has 0 aliphatic rings. The Morgan fingerprint density at radius 1 is 0.731 bits per heavy atom. The highest BCUT2D eigenvalue weighted by molar-refractivity contribution is 5.41. The Kier molecular flexibility index (Phi) is 7.22. The van der Waals surface area contributed by atoms with Crippen LogP contribution in [0.5, 0.6) is 0 Å². The summed E-state index contributed by atoms with van der Waals surface area (Å²) in [6, 6.07) is 0. The number of nitrogens with two attached hydrogens (primary N) is 2. The van der Waals surface area contributed by atoms with Crippen molar-refractivity contribution in [1.82, 2.24) is 29.9 Å². The molecule has 2 aromatic heterocycles. The van der Waals surface area contributed by atoms with E-state index < -0.39 is 0 Å². The molecular formula is C11H20N12O3. The monoisotopic (exact) mass is 368 g/mol. The predicted octanol–water partition coefficient (Wildman–Crippen LogP) is -1.95. The molecule has 0 spiro atoms. The smallest absolute Gasteiger partial charge is 0.231 e. The summed E-state index contributed by atoms with van der Waals surface area (Å²) in [5, 5.41) is 19.9. The summed E-state index contributed by atoms with van der Waals surface area (Å²) >= 11 is 0. The molecule has 142 valence electrons. The van der Waals surface area contributed by atoms with Crippen molar-refractivity contribution in [3.63, 3.8) is 0 Å². The molecule has 0 saturated heterocycles. The van der Waals surface area contributed by atoms with E-state index >= 15 is 0 Å². The van der Waals surface area contributed by atoms with Crippen LogP contribution in [0.15, 0.2) is 0 Å². The first-order valence-corrected chi connectivity index (χ1v) is 7.27. The van der Waals surface area contributed by atoms with Gasteiger partial charge in [-0.25, -0.2) is 0 Å². The Hall–Kier alpha value is -3.30. The van der Waals surface area contributed by atoms with Gasteiger partial charge in [-0.15, -0.1) is 0 Å². The number of rotatable bonds is 11. The van der Waals surface area contributed by atoms with Gasteiger partial charge in [-0.2, -0.15) is 29.9 Å². The van der Waals surface area contributed by atoms with Crippen molar-refractivity contribution in [3.8, 4) is 0 Å². The highest BCUT2D eigenvalue weighted by atomic mass is 16.5. The third kappa shape index (κ3) is 6.30. The summed E-state index contributed by atoms with van der Waals surface area (Å²) in [4.78, 5) is 23.5. The zero-order chi connectivity index (χ0) is 18.8. The Morgan fingerprint density at radius 3 is 1.69 bits per heavy atom. The van der Waals surface area contributed by atoms with Crippen LogP contribution < -0.4 is 32.7 Å². The van der Waals surface area contributed by atoms with Gasteiger partial charge >= 0.3 is 0 Å². The average molecular weight is 368 g/mol. The molecule has 0 aromatic carbocycles. The molecule has 2 heterocycles. The molecule has 0 bridgehead atoms. The van der Waals surface area contributed by atoms with Gasteiger partial charge < -0.3 is 47.3 Å². The number of hydrogen-bond donors (Lipinski definition) is 7. The predicted molar refractivity (Wildman–Crippen MR) is 92.8 cm³/mol. The highest BCUT2D eigenvalue weighted by Crippen LogP contribution is 2.09. The van der Waals surface area contributed by atoms with Crippen molar-refractivity contribution >= 4 is 35.7 Å². The lowest BCUT2D eigenvalue weighted by atomic mass is 10.8. The summed E-state index contributed by atoms with van der Waals surface area (Å²) in [6.45, 7) is 0.0132. The molecule has 2 rings (SSSR count). The fourth-order valence-electron chi connectivity index (χ4n) is 1.59. The fraction of sp³-hybridized carbons (Fsp3) is 0.455. The maximum absolute atomic E-state index is 8.93. The van der Waals surface area contributed by atoms with Gasteiger partial charge in [0.2, 0.25) is 35.7 Å². The van der Waals surface area contributed by atoms with Crippen molar-refractivity contribution < 1.29 is 14.6 Å². The van der Waals surface area contributed by atoms with Crippen LogP contribution >= 0.6 is 0 Å². The van der Waals surface area contributed by atoms with Crippen LogP contribution in [0, 0.1) is 0 Å². The lowest BCUT2D eigenvalue weighted by Gasteiger charge is -2.11. The van der Waals surface area contributed by atoms with Gasteiger partial charge in [0.1, 0.15) is 26.9 Å². The van der Waals surface area contributed by atoms with E-state index in [4.69, 9.17) is 26.0 Å². The van der Waals surface area contributed by atoms with Crippen LogP contribution in [-0.2, 0) is 9.47 Å². The molecule has 0 aliphatic carbocycles. The number of aliphatic hydroxyl groups excluding tert-OH is 1. The quantitative estimate of drug-likeness (QED) is 0.169. The molecule has 0 atom stereocenters.